The van der Waals surface area contributed by atoms with Crippen LogP contribution >= 0.6 is 11.3 Å². The highest BCUT2D eigenvalue weighted by Gasteiger charge is 2.42. The van der Waals surface area contributed by atoms with Crippen molar-refractivity contribution in [2.24, 2.45) is 5.41 Å². The second kappa shape index (κ2) is 6.95. The number of carboxylic acids is 1. The summed E-state index contributed by atoms with van der Waals surface area (Å²) in [5.41, 5.74) is -0.609. The predicted octanol–water partition coefficient (Wildman–Crippen LogP) is 3.41. The smallest absolute Gasteiger partial charge is 0.341 e. The van der Waals surface area contributed by atoms with Gasteiger partial charge in [-0.05, 0) is 26.3 Å². The van der Waals surface area contributed by atoms with Crippen LogP contribution in [0.25, 0.3) is 10.1 Å². The minimum Gasteiger partial charge on any atom is -0.481 e. The Kier molecular flexibility index (Phi) is 4.86. The van der Waals surface area contributed by atoms with E-state index in [1.54, 1.807) is 13.8 Å². The molecule has 1 atom stereocenters. The van der Waals surface area contributed by atoms with Gasteiger partial charge < -0.3 is 14.7 Å². The highest BCUT2D eigenvalue weighted by Crippen LogP contribution is 2.37. The number of aliphatic carboxylic acids is 1. The van der Waals surface area contributed by atoms with Gasteiger partial charge in [0.05, 0.1) is 12.0 Å². The molecule has 1 aliphatic rings. The lowest BCUT2D eigenvalue weighted by Gasteiger charge is -2.20. The van der Waals surface area contributed by atoms with Gasteiger partial charge >= 0.3 is 18.0 Å². The zero-order valence-electron chi connectivity index (χ0n) is 14.6. The van der Waals surface area contributed by atoms with Crippen molar-refractivity contribution < 1.29 is 24.2 Å². The molecule has 1 saturated heterocycles. The van der Waals surface area contributed by atoms with E-state index in [0.29, 0.717) is 23.5 Å². The molecule has 1 aromatic heterocycles. The number of rotatable bonds is 4. The van der Waals surface area contributed by atoms with Gasteiger partial charge in [-0.2, -0.15) is 0 Å². The van der Waals surface area contributed by atoms with Crippen LogP contribution in [-0.2, 0) is 9.53 Å². The largest absolute Gasteiger partial charge is 0.481 e. The molecule has 26 heavy (non-hydrogen) atoms. The molecule has 0 bridgehead atoms. The van der Waals surface area contributed by atoms with E-state index >= 15 is 0 Å². The van der Waals surface area contributed by atoms with Gasteiger partial charge in [-0.1, -0.05) is 18.2 Å². The number of nitrogens with one attached hydrogen (secondary N) is 1. The van der Waals surface area contributed by atoms with Crippen LogP contribution in [0.4, 0.5) is 9.80 Å². The number of carboxylic acid groups (broad SMARTS) is 1. The summed E-state index contributed by atoms with van der Waals surface area (Å²) in [6.45, 7) is 4.08. The van der Waals surface area contributed by atoms with Crippen molar-refractivity contribution >= 4 is 44.4 Å². The number of esters is 1. The molecule has 2 amide bonds. The first-order valence-electron chi connectivity index (χ1n) is 8.33. The molecule has 1 fully saturated rings. The number of likely N-dealkylation sites (tertiary alicyclic amines) is 1. The van der Waals surface area contributed by atoms with Crippen molar-refractivity contribution in [3.8, 4) is 0 Å². The summed E-state index contributed by atoms with van der Waals surface area (Å²) in [5, 5.41) is 13.2. The Balaban J connectivity index is 1.87. The van der Waals surface area contributed by atoms with Crippen LogP contribution in [-0.4, -0.2) is 47.7 Å². The average Bonchev–Trinajstić information content (AvgIpc) is 3.16. The third kappa shape index (κ3) is 3.24. The zero-order chi connectivity index (χ0) is 18.9. The molecule has 7 nitrogen and oxygen atoms in total. The minimum atomic E-state index is -0.943. The number of fused-ring (bicyclic) bond motifs is 1. The monoisotopic (exact) mass is 376 g/mol. The summed E-state index contributed by atoms with van der Waals surface area (Å²) in [4.78, 5) is 37.8. The Morgan fingerprint density at radius 1 is 1.35 bits per heavy atom. The number of hydrogen-bond acceptors (Lipinski definition) is 5. The van der Waals surface area contributed by atoms with Crippen molar-refractivity contribution in [3.05, 3.63) is 29.8 Å². The summed E-state index contributed by atoms with van der Waals surface area (Å²) in [6, 6.07) is 6.95. The number of amides is 2. The quantitative estimate of drug-likeness (QED) is 0.797. The molecule has 138 valence electrons. The van der Waals surface area contributed by atoms with Gasteiger partial charge in [0, 0.05) is 23.2 Å². The number of anilines is 1. The fraction of sp³-hybridized carbons (Fsp3) is 0.389. The Hall–Kier alpha value is -2.61. The molecule has 8 heteroatoms. The molecule has 0 aliphatic carbocycles. The van der Waals surface area contributed by atoms with Crippen LogP contribution in [0, 0.1) is 5.41 Å². The second-order valence-corrected chi connectivity index (χ2v) is 7.54. The summed E-state index contributed by atoms with van der Waals surface area (Å²) >= 11 is 1.30. The Bertz CT molecular complexity index is 878. The van der Waals surface area contributed by atoms with E-state index in [9.17, 15) is 19.5 Å². The lowest BCUT2D eigenvalue weighted by Crippen LogP contribution is -2.37. The first kappa shape index (κ1) is 18.2. The fourth-order valence-electron chi connectivity index (χ4n) is 3.02. The van der Waals surface area contributed by atoms with Crippen molar-refractivity contribution in [1.82, 2.24) is 4.90 Å². The molecule has 0 spiro atoms. The van der Waals surface area contributed by atoms with Gasteiger partial charge in [-0.15, -0.1) is 11.3 Å². The molecule has 0 radical (unpaired) electrons. The van der Waals surface area contributed by atoms with E-state index in [0.717, 1.165) is 10.1 Å². The summed E-state index contributed by atoms with van der Waals surface area (Å²) < 4.78 is 6.00. The molecule has 1 aromatic carbocycles. The van der Waals surface area contributed by atoms with Crippen molar-refractivity contribution in [1.29, 1.82) is 0 Å². The molecule has 0 saturated carbocycles. The van der Waals surface area contributed by atoms with Gasteiger partial charge in [0.2, 0.25) is 0 Å². The maximum Gasteiger partial charge on any atom is 0.341 e. The third-order valence-corrected chi connectivity index (χ3v) is 5.66. The first-order chi connectivity index (χ1) is 12.4. The van der Waals surface area contributed by atoms with E-state index in [1.807, 2.05) is 24.3 Å². The van der Waals surface area contributed by atoms with Crippen molar-refractivity contribution in [3.63, 3.8) is 0 Å². The van der Waals surface area contributed by atoms with Gasteiger partial charge in [-0.3, -0.25) is 10.1 Å². The van der Waals surface area contributed by atoms with E-state index in [-0.39, 0.29) is 13.2 Å². The topological polar surface area (TPSA) is 95.9 Å². The van der Waals surface area contributed by atoms with Gasteiger partial charge in [0.15, 0.2) is 0 Å². The minimum absolute atomic E-state index is 0.133. The van der Waals surface area contributed by atoms with Gasteiger partial charge in [0.25, 0.3) is 0 Å². The third-order valence-electron chi connectivity index (χ3n) is 4.57. The highest BCUT2D eigenvalue weighted by atomic mass is 32.1. The van der Waals surface area contributed by atoms with Gasteiger partial charge in [-0.25, -0.2) is 9.59 Å². The Morgan fingerprint density at radius 2 is 2.08 bits per heavy atom. The van der Waals surface area contributed by atoms with E-state index < -0.39 is 23.4 Å². The van der Waals surface area contributed by atoms with E-state index in [4.69, 9.17) is 4.74 Å². The van der Waals surface area contributed by atoms with Crippen molar-refractivity contribution in [2.75, 3.05) is 25.0 Å². The normalized spacial score (nSPS) is 19.5. The molecular weight excluding hydrogens is 356 g/mol. The number of carbonyl (C=O) groups is 3. The molecule has 2 heterocycles. The van der Waals surface area contributed by atoms with Crippen LogP contribution in [0.3, 0.4) is 0 Å². The summed E-state index contributed by atoms with van der Waals surface area (Å²) in [7, 11) is 0. The van der Waals surface area contributed by atoms with Crippen LogP contribution in [0.5, 0.6) is 0 Å². The highest BCUT2D eigenvalue weighted by molar-refractivity contribution is 7.23. The van der Waals surface area contributed by atoms with E-state index in [1.165, 1.54) is 16.2 Å². The number of hydrogen-bond donors (Lipinski definition) is 2. The van der Waals surface area contributed by atoms with Crippen LogP contribution in [0.15, 0.2) is 24.3 Å². The molecule has 1 aliphatic heterocycles. The summed E-state index contributed by atoms with van der Waals surface area (Å²) in [6.07, 6.45) is 0.396. The second-order valence-electron chi connectivity index (χ2n) is 6.49. The van der Waals surface area contributed by atoms with Crippen LogP contribution < -0.4 is 5.32 Å². The Labute approximate surface area is 154 Å². The first-order valence-corrected chi connectivity index (χ1v) is 9.15. The average molecular weight is 376 g/mol. The maximum absolute atomic E-state index is 12.6. The lowest BCUT2D eigenvalue weighted by molar-refractivity contribution is -0.146. The Morgan fingerprint density at radius 3 is 2.73 bits per heavy atom. The standard InChI is InChI=1S/C18H20N2O5S/c1-3-25-15(21)13-11-6-4-5-7-12(11)26-14(13)19-17(24)20-9-8-18(2,10-20)16(22)23/h4-7H,3,8-10H2,1-2H3,(H,19,24)(H,22,23). The van der Waals surface area contributed by atoms with Gasteiger partial charge in [0.1, 0.15) is 10.6 Å². The number of thiophene rings is 1. The van der Waals surface area contributed by atoms with Crippen molar-refractivity contribution in [2.45, 2.75) is 20.3 Å². The molecule has 3 rings (SSSR count). The number of ether oxygens (including phenoxy) is 1. The summed E-state index contributed by atoms with van der Waals surface area (Å²) in [5.74, 6) is -1.40. The fourth-order valence-corrected chi connectivity index (χ4v) is 4.10. The molecule has 1 unspecified atom stereocenters. The molecular formula is C18H20N2O5S. The predicted molar refractivity (Wildman–Crippen MR) is 98.7 cm³/mol. The number of benzene rings is 1. The molecule has 2 N–H and O–H groups in total. The van der Waals surface area contributed by atoms with E-state index in [2.05, 4.69) is 5.32 Å². The maximum atomic E-state index is 12.6. The lowest BCUT2D eigenvalue weighted by atomic mass is 9.90. The number of nitrogens with zero attached hydrogens (tertiary/aromatic N) is 1. The van der Waals surface area contributed by atoms with Crippen LogP contribution in [0.1, 0.15) is 30.6 Å². The number of urea groups is 1. The van der Waals surface area contributed by atoms with Crippen LogP contribution in [0.2, 0.25) is 0 Å². The zero-order valence-corrected chi connectivity index (χ0v) is 15.4. The number of carbonyl (C=O) groups excluding carboxylic acids is 2. The SMILES string of the molecule is CCOC(=O)c1c(NC(=O)N2CCC(C)(C(=O)O)C2)sc2ccccc12. The molecule has 2 aromatic rings.